The molecule has 1 amide bonds. The van der Waals surface area contributed by atoms with E-state index >= 15 is 0 Å². The molecule has 1 aliphatic heterocycles. The first-order valence-electron chi connectivity index (χ1n) is 9.10. The van der Waals surface area contributed by atoms with Gasteiger partial charge in [-0.3, -0.25) is 4.79 Å². The van der Waals surface area contributed by atoms with Gasteiger partial charge in [-0.2, -0.15) is 0 Å². The van der Waals surface area contributed by atoms with Crippen molar-refractivity contribution in [2.45, 2.75) is 20.4 Å². The number of carbonyl (C=O) groups excluding carboxylic acids is 1. The number of ether oxygens (including phenoxy) is 2. The fourth-order valence-electron chi connectivity index (χ4n) is 3.02. The molecule has 1 saturated heterocycles. The highest BCUT2D eigenvalue weighted by Gasteiger charge is 2.23. The predicted octanol–water partition coefficient (Wildman–Crippen LogP) is 2.45. The molecule has 0 bridgehead atoms. The molecule has 0 spiro atoms. The number of carbonyl (C=O) groups is 1. The summed E-state index contributed by atoms with van der Waals surface area (Å²) in [7, 11) is 0. The third-order valence-electron chi connectivity index (χ3n) is 4.45. The van der Waals surface area contributed by atoms with Gasteiger partial charge in [0, 0.05) is 45.1 Å². The lowest BCUT2D eigenvalue weighted by Gasteiger charge is -2.35. The van der Waals surface area contributed by atoms with Gasteiger partial charge < -0.3 is 23.8 Å². The van der Waals surface area contributed by atoms with E-state index in [1.54, 1.807) is 0 Å². The molecular formula is C19H27ClN4O3. The maximum Gasteiger partial charge on any atom is 0.260 e. The van der Waals surface area contributed by atoms with Crippen LogP contribution in [0.4, 0.5) is 5.95 Å². The lowest BCUT2D eigenvalue weighted by Crippen LogP contribution is -2.50. The second kappa shape index (κ2) is 10.1. The van der Waals surface area contributed by atoms with Crippen LogP contribution in [0.15, 0.2) is 36.7 Å². The molecule has 0 unspecified atom stereocenters. The number of hydrogen-bond acceptors (Lipinski definition) is 5. The Morgan fingerprint density at radius 2 is 1.67 bits per heavy atom. The van der Waals surface area contributed by atoms with E-state index in [0.717, 1.165) is 31.3 Å². The van der Waals surface area contributed by atoms with Crippen LogP contribution in [0.2, 0.25) is 0 Å². The standard InChI is InChI=1S/C19H26N4O3.ClH/c1-3-21-10-9-20-19(21)23-13-11-22(12-14-23)18(24)15-26-17-7-5-16(6-8-17)25-4-2;/h5-10H,3-4,11-15H2,1-2H3;1H. The van der Waals surface area contributed by atoms with Crippen LogP contribution in [-0.4, -0.2) is 59.8 Å². The fraction of sp³-hybridized carbons (Fsp3) is 0.474. The van der Waals surface area contributed by atoms with Gasteiger partial charge in [-0.1, -0.05) is 0 Å². The molecule has 1 fully saturated rings. The molecule has 2 aromatic rings. The number of anilines is 1. The van der Waals surface area contributed by atoms with Gasteiger partial charge in [0.2, 0.25) is 5.95 Å². The number of piperazine rings is 1. The Morgan fingerprint density at radius 3 is 2.26 bits per heavy atom. The summed E-state index contributed by atoms with van der Waals surface area (Å²) in [6.07, 6.45) is 3.80. The molecule has 1 aromatic carbocycles. The van der Waals surface area contributed by atoms with E-state index in [9.17, 15) is 4.79 Å². The van der Waals surface area contributed by atoms with Crippen LogP contribution in [-0.2, 0) is 11.3 Å². The normalized spacial score (nSPS) is 13.9. The lowest BCUT2D eigenvalue weighted by molar-refractivity contribution is -0.133. The largest absolute Gasteiger partial charge is 0.494 e. The molecule has 0 aliphatic carbocycles. The minimum Gasteiger partial charge on any atom is -0.494 e. The number of rotatable bonds is 7. The van der Waals surface area contributed by atoms with Crippen LogP contribution in [0.25, 0.3) is 0 Å². The smallest absolute Gasteiger partial charge is 0.260 e. The molecule has 0 saturated carbocycles. The number of benzene rings is 1. The molecule has 8 heteroatoms. The summed E-state index contributed by atoms with van der Waals surface area (Å²) in [6.45, 7) is 8.55. The minimum absolute atomic E-state index is 0. The van der Waals surface area contributed by atoms with Crippen molar-refractivity contribution < 1.29 is 14.3 Å². The number of amides is 1. The van der Waals surface area contributed by atoms with E-state index in [2.05, 4.69) is 21.4 Å². The Morgan fingerprint density at radius 1 is 1.04 bits per heavy atom. The second-order valence-corrected chi connectivity index (χ2v) is 6.07. The van der Waals surface area contributed by atoms with Gasteiger partial charge >= 0.3 is 0 Å². The van der Waals surface area contributed by atoms with E-state index in [0.29, 0.717) is 25.4 Å². The molecule has 0 atom stereocenters. The number of aromatic nitrogens is 2. The van der Waals surface area contributed by atoms with Crippen molar-refractivity contribution in [2.24, 2.45) is 0 Å². The number of halogens is 1. The van der Waals surface area contributed by atoms with Gasteiger partial charge in [0.25, 0.3) is 5.91 Å². The van der Waals surface area contributed by atoms with Crippen molar-refractivity contribution >= 4 is 24.3 Å². The van der Waals surface area contributed by atoms with Crippen LogP contribution in [0.3, 0.4) is 0 Å². The van der Waals surface area contributed by atoms with Gasteiger partial charge in [0.15, 0.2) is 6.61 Å². The highest BCUT2D eigenvalue weighted by molar-refractivity contribution is 5.85. The van der Waals surface area contributed by atoms with Crippen LogP contribution in [0, 0.1) is 0 Å². The Balaban J connectivity index is 0.00000261. The van der Waals surface area contributed by atoms with E-state index < -0.39 is 0 Å². The molecule has 1 aromatic heterocycles. The predicted molar refractivity (Wildman–Crippen MR) is 107 cm³/mol. The number of nitrogens with zero attached hydrogens (tertiary/aromatic N) is 4. The van der Waals surface area contributed by atoms with Gasteiger partial charge in [-0.25, -0.2) is 4.98 Å². The van der Waals surface area contributed by atoms with E-state index in [-0.39, 0.29) is 24.9 Å². The fourth-order valence-corrected chi connectivity index (χ4v) is 3.02. The molecule has 148 valence electrons. The Kier molecular flexibility index (Phi) is 7.79. The highest BCUT2D eigenvalue weighted by atomic mass is 35.5. The van der Waals surface area contributed by atoms with Crippen LogP contribution in [0.5, 0.6) is 11.5 Å². The SMILES string of the molecule is CCOc1ccc(OCC(=O)N2CCN(c3nccn3CC)CC2)cc1.Cl. The van der Waals surface area contributed by atoms with Crippen molar-refractivity contribution in [3.8, 4) is 11.5 Å². The van der Waals surface area contributed by atoms with Crippen LogP contribution >= 0.6 is 12.4 Å². The number of hydrogen-bond donors (Lipinski definition) is 0. The van der Waals surface area contributed by atoms with E-state index in [1.807, 2.05) is 48.5 Å². The Labute approximate surface area is 166 Å². The monoisotopic (exact) mass is 394 g/mol. The Hall–Kier alpha value is -2.41. The lowest BCUT2D eigenvalue weighted by atomic mass is 10.3. The van der Waals surface area contributed by atoms with Gasteiger partial charge in [-0.05, 0) is 38.1 Å². The van der Waals surface area contributed by atoms with Crippen LogP contribution < -0.4 is 14.4 Å². The number of imidazole rings is 1. The first-order valence-corrected chi connectivity index (χ1v) is 9.10. The van der Waals surface area contributed by atoms with Crippen molar-refractivity contribution in [3.63, 3.8) is 0 Å². The summed E-state index contributed by atoms with van der Waals surface area (Å²) in [4.78, 5) is 20.9. The maximum absolute atomic E-state index is 12.4. The highest BCUT2D eigenvalue weighted by Crippen LogP contribution is 2.18. The summed E-state index contributed by atoms with van der Waals surface area (Å²) >= 11 is 0. The first-order chi connectivity index (χ1) is 12.7. The number of aryl methyl sites for hydroxylation is 1. The van der Waals surface area contributed by atoms with Gasteiger partial charge in [-0.15, -0.1) is 12.4 Å². The third-order valence-corrected chi connectivity index (χ3v) is 4.45. The van der Waals surface area contributed by atoms with Crippen molar-refractivity contribution in [3.05, 3.63) is 36.7 Å². The molecule has 3 rings (SSSR count). The molecule has 7 nitrogen and oxygen atoms in total. The summed E-state index contributed by atoms with van der Waals surface area (Å²) in [5, 5.41) is 0. The van der Waals surface area contributed by atoms with Crippen molar-refractivity contribution in [1.29, 1.82) is 0 Å². The second-order valence-electron chi connectivity index (χ2n) is 6.07. The molecule has 0 radical (unpaired) electrons. The third kappa shape index (κ3) is 5.29. The maximum atomic E-state index is 12.4. The first kappa shape index (κ1) is 20.9. The Bertz CT molecular complexity index is 712. The average molecular weight is 395 g/mol. The molecule has 0 N–H and O–H groups in total. The minimum atomic E-state index is 0. The summed E-state index contributed by atoms with van der Waals surface area (Å²) in [5.74, 6) is 2.46. The van der Waals surface area contributed by atoms with E-state index in [1.165, 1.54) is 0 Å². The van der Waals surface area contributed by atoms with E-state index in [4.69, 9.17) is 9.47 Å². The summed E-state index contributed by atoms with van der Waals surface area (Å²) in [5.41, 5.74) is 0. The van der Waals surface area contributed by atoms with Crippen molar-refractivity contribution in [2.75, 3.05) is 44.3 Å². The molecular weight excluding hydrogens is 368 g/mol. The zero-order valence-electron chi connectivity index (χ0n) is 15.8. The molecule has 1 aliphatic rings. The van der Waals surface area contributed by atoms with Gasteiger partial charge in [0.1, 0.15) is 11.5 Å². The molecule has 27 heavy (non-hydrogen) atoms. The average Bonchev–Trinajstić information content (AvgIpc) is 3.16. The van der Waals surface area contributed by atoms with Gasteiger partial charge in [0.05, 0.1) is 6.61 Å². The zero-order chi connectivity index (χ0) is 18.4. The quantitative estimate of drug-likeness (QED) is 0.722. The van der Waals surface area contributed by atoms with Crippen LogP contribution in [0.1, 0.15) is 13.8 Å². The summed E-state index contributed by atoms with van der Waals surface area (Å²) in [6, 6.07) is 7.33. The van der Waals surface area contributed by atoms with Crippen molar-refractivity contribution in [1.82, 2.24) is 14.5 Å². The molecule has 2 heterocycles. The zero-order valence-corrected chi connectivity index (χ0v) is 16.7. The summed E-state index contributed by atoms with van der Waals surface area (Å²) < 4.78 is 13.1. The topological polar surface area (TPSA) is 59.8 Å².